The lowest BCUT2D eigenvalue weighted by Crippen LogP contribution is -2.46. The number of amides is 2. The van der Waals surface area contributed by atoms with E-state index >= 15 is 0 Å². The Kier molecular flexibility index (Phi) is 7.19. The van der Waals surface area contributed by atoms with Gasteiger partial charge in [-0.15, -0.1) is 21.5 Å². The number of ether oxygens (including phenoxy) is 1. The van der Waals surface area contributed by atoms with Gasteiger partial charge in [-0.3, -0.25) is 4.57 Å². The zero-order chi connectivity index (χ0) is 23.4. The maximum absolute atomic E-state index is 12.9. The number of rotatable bonds is 9. The van der Waals surface area contributed by atoms with Gasteiger partial charge in [0.2, 0.25) is 0 Å². The third kappa shape index (κ3) is 5.14. The molecule has 33 heavy (non-hydrogen) atoms. The van der Waals surface area contributed by atoms with Crippen LogP contribution >= 0.6 is 23.1 Å². The smallest absolute Gasteiger partial charge is 0.338 e. The van der Waals surface area contributed by atoms with Crippen molar-refractivity contribution in [3.63, 3.8) is 0 Å². The highest BCUT2D eigenvalue weighted by atomic mass is 32.2. The maximum atomic E-state index is 12.9. The van der Waals surface area contributed by atoms with E-state index in [1.54, 1.807) is 13.2 Å². The van der Waals surface area contributed by atoms with Crippen molar-refractivity contribution in [2.75, 3.05) is 12.4 Å². The van der Waals surface area contributed by atoms with Gasteiger partial charge in [0.15, 0.2) is 16.7 Å². The molecule has 4 rings (SSSR count). The first-order valence-corrected chi connectivity index (χ1v) is 12.4. The summed E-state index contributed by atoms with van der Waals surface area (Å²) in [6, 6.07) is 6.49. The highest BCUT2D eigenvalue weighted by molar-refractivity contribution is 7.99. The first-order valence-electron chi connectivity index (χ1n) is 10.6. The monoisotopic (exact) mass is 487 g/mol. The molecule has 0 fully saturated rings. The van der Waals surface area contributed by atoms with Crippen LogP contribution in [-0.4, -0.2) is 39.1 Å². The molecule has 0 saturated carbocycles. The summed E-state index contributed by atoms with van der Waals surface area (Å²) in [5, 5.41) is 16.9. The summed E-state index contributed by atoms with van der Waals surface area (Å²) in [7, 11) is 0. The molecule has 0 spiro atoms. The Labute approximate surface area is 199 Å². The van der Waals surface area contributed by atoms with Gasteiger partial charge in [-0.1, -0.05) is 31.7 Å². The van der Waals surface area contributed by atoms with Gasteiger partial charge in [0.25, 0.3) is 0 Å². The fourth-order valence-corrected chi connectivity index (χ4v) is 5.20. The predicted octanol–water partition coefficient (Wildman–Crippen LogP) is 4.22. The standard InChI is InChI=1S/C22H25N5O4S2/c1-4-30-20(28)17-14(23-21(29)24-18(17)16-8-6-10-32-16)12-33-22-26-25-19(15-7-5-9-31-15)27(22)11-13(2)3/h5-10,13,18H,4,11-12H2,1-3H3,(H2,23,24,29)/t18-/m1/s1. The predicted molar refractivity (Wildman–Crippen MR) is 126 cm³/mol. The molecule has 1 aliphatic heterocycles. The van der Waals surface area contributed by atoms with Crippen molar-refractivity contribution in [2.24, 2.45) is 5.92 Å². The number of urea groups is 1. The van der Waals surface area contributed by atoms with Crippen LogP contribution in [0.2, 0.25) is 0 Å². The lowest BCUT2D eigenvalue weighted by Gasteiger charge is -2.28. The number of carbonyl (C=O) groups is 2. The van der Waals surface area contributed by atoms with Crippen molar-refractivity contribution in [3.8, 4) is 11.6 Å². The van der Waals surface area contributed by atoms with Gasteiger partial charge in [0.05, 0.1) is 24.5 Å². The van der Waals surface area contributed by atoms with Crippen LogP contribution < -0.4 is 10.6 Å². The maximum Gasteiger partial charge on any atom is 0.338 e. The van der Waals surface area contributed by atoms with Crippen molar-refractivity contribution >= 4 is 35.1 Å². The van der Waals surface area contributed by atoms with Crippen LogP contribution in [0.1, 0.15) is 31.7 Å². The number of nitrogens with one attached hydrogen (secondary N) is 2. The molecule has 2 amide bonds. The summed E-state index contributed by atoms with van der Waals surface area (Å²) < 4.78 is 12.8. The van der Waals surface area contributed by atoms with Gasteiger partial charge < -0.3 is 19.8 Å². The minimum atomic E-state index is -0.569. The fraction of sp³-hybridized carbons (Fsp3) is 0.364. The Balaban J connectivity index is 1.67. The van der Waals surface area contributed by atoms with Crippen LogP contribution in [0.5, 0.6) is 0 Å². The van der Waals surface area contributed by atoms with E-state index in [1.807, 2.05) is 34.2 Å². The van der Waals surface area contributed by atoms with E-state index in [0.29, 0.717) is 46.2 Å². The second kappa shape index (κ2) is 10.3. The molecular weight excluding hydrogens is 462 g/mol. The topological polar surface area (TPSA) is 111 Å². The molecule has 4 heterocycles. The van der Waals surface area contributed by atoms with Gasteiger partial charge in [0.1, 0.15) is 0 Å². The minimum Gasteiger partial charge on any atom is -0.463 e. The highest BCUT2D eigenvalue weighted by Crippen LogP contribution is 2.33. The lowest BCUT2D eigenvalue weighted by atomic mass is 10.0. The Bertz CT molecular complexity index is 1140. The van der Waals surface area contributed by atoms with Gasteiger partial charge in [-0.05, 0) is 36.4 Å². The van der Waals surface area contributed by atoms with Crippen LogP contribution in [-0.2, 0) is 16.1 Å². The SMILES string of the molecule is CCOC(=O)C1=C(CSc2nnc(-c3ccco3)n2CC(C)C)NC(=O)N[C@@H]1c1cccs1. The molecule has 0 saturated heterocycles. The van der Waals surface area contributed by atoms with Gasteiger partial charge in [0, 0.05) is 22.9 Å². The summed E-state index contributed by atoms with van der Waals surface area (Å²) in [5.74, 6) is 1.48. The molecule has 3 aromatic heterocycles. The molecule has 2 N–H and O–H groups in total. The summed E-state index contributed by atoms with van der Waals surface area (Å²) in [5.41, 5.74) is 0.895. The lowest BCUT2D eigenvalue weighted by molar-refractivity contribution is -0.139. The van der Waals surface area contributed by atoms with Crippen molar-refractivity contribution in [2.45, 2.75) is 38.5 Å². The molecule has 0 unspecified atom stereocenters. The van der Waals surface area contributed by atoms with Crippen LogP contribution in [0.3, 0.4) is 0 Å². The molecule has 9 nitrogen and oxygen atoms in total. The van der Waals surface area contributed by atoms with Crippen LogP contribution in [0, 0.1) is 5.92 Å². The number of furan rings is 1. The van der Waals surface area contributed by atoms with E-state index in [1.165, 1.54) is 23.1 Å². The van der Waals surface area contributed by atoms with E-state index < -0.39 is 12.0 Å². The summed E-state index contributed by atoms with van der Waals surface area (Å²) >= 11 is 2.87. The average Bonchev–Trinajstić information content (AvgIpc) is 3.53. The number of thioether (sulfide) groups is 1. The van der Waals surface area contributed by atoms with Gasteiger partial charge >= 0.3 is 12.0 Å². The Morgan fingerprint density at radius 2 is 2.18 bits per heavy atom. The number of esters is 1. The molecule has 11 heteroatoms. The average molecular weight is 488 g/mol. The molecule has 1 aliphatic rings. The summed E-state index contributed by atoms with van der Waals surface area (Å²) in [6.07, 6.45) is 1.60. The van der Waals surface area contributed by atoms with Gasteiger partial charge in [-0.2, -0.15) is 0 Å². The molecular formula is C22H25N5O4S2. The molecule has 174 valence electrons. The molecule has 1 atom stereocenters. The zero-order valence-electron chi connectivity index (χ0n) is 18.5. The number of thiophene rings is 1. The largest absolute Gasteiger partial charge is 0.463 e. The number of hydrogen-bond acceptors (Lipinski definition) is 8. The quantitative estimate of drug-likeness (QED) is 0.343. The highest BCUT2D eigenvalue weighted by Gasteiger charge is 2.34. The molecule has 3 aromatic rings. The van der Waals surface area contributed by atoms with Gasteiger partial charge in [-0.25, -0.2) is 9.59 Å². The van der Waals surface area contributed by atoms with Crippen molar-refractivity contribution in [1.29, 1.82) is 0 Å². The van der Waals surface area contributed by atoms with E-state index in [0.717, 1.165) is 4.88 Å². The van der Waals surface area contributed by atoms with Crippen LogP contribution in [0.4, 0.5) is 4.79 Å². The van der Waals surface area contributed by atoms with E-state index in [-0.39, 0.29) is 12.6 Å². The van der Waals surface area contributed by atoms with E-state index in [4.69, 9.17) is 9.15 Å². The molecule has 0 aliphatic carbocycles. The van der Waals surface area contributed by atoms with Crippen molar-refractivity contribution in [1.82, 2.24) is 25.4 Å². The van der Waals surface area contributed by atoms with Crippen LogP contribution in [0.15, 0.2) is 56.8 Å². The molecule has 0 aromatic carbocycles. The van der Waals surface area contributed by atoms with Crippen LogP contribution in [0.25, 0.3) is 11.6 Å². The summed E-state index contributed by atoms with van der Waals surface area (Å²) in [6.45, 7) is 6.91. The second-order valence-corrected chi connectivity index (χ2v) is 9.66. The van der Waals surface area contributed by atoms with Crippen molar-refractivity contribution in [3.05, 3.63) is 52.1 Å². The number of hydrogen-bond donors (Lipinski definition) is 2. The van der Waals surface area contributed by atoms with E-state index in [9.17, 15) is 9.59 Å². The van der Waals surface area contributed by atoms with E-state index in [2.05, 4.69) is 34.7 Å². The normalized spacial score (nSPS) is 16.1. The van der Waals surface area contributed by atoms with Crippen molar-refractivity contribution < 1.29 is 18.7 Å². The molecule has 0 radical (unpaired) electrons. The zero-order valence-corrected chi connectivity index (χ0v) is 20.2. The fourth-order valence-electron chi connectivity index (χ4n) is 3.50. The number of carbonyl (C=O) groups excluding carboxylic acids is 2. The number of nitrogens with zero attached hydrogens (tertiary/aromatic N) is 3. The summed E-state index contributed by atoms with van der Waals surface area (Å²) in [4.78, 5) is 26.2. The Morgan fingerprint density at radius 3 is 2.85 bits per heavy atom. The second-order valence-electron chi connectivity index (χ2n) is 7.74. The minimum absolute atomic E-state index is 0.239. The molecule has 0 bridgehead atoms. The Hall–Kier alpha value is -3.05. The third-order valence-electron chi connectivity index (χ3n) is 4.83. The number of aromatic nitrogens is 3. The first kappa shape index (κ1) is 23.1. The first-order chi connectivity index (χ1) is 16.0. The third-order valence-corrected chi connectivity index (χ3v) is 6.76. The Morgan fingerprint density at radius 1 is 1.33 bits per heavy atom.